The maximum atomic E-state index is 13.0. The molecule has 1 unspecified atom stereocenters. The minimum atomic E-state index is -0.229. The lowest BCUT2D eigenvalue weighted by Crippen LogP contribution is -2.13. The monoisotopic (exact) mass is 251 g/mol. The molecule has 0 aliphatic carbocycles. The van der Waals surface area contributed by atoms with Crippen LogP contribution >= 0.6 is 11.5 Å². The van der Waals surface area contributed by atoms with E-state index in [0.29, 0.717) is 6.42 Å². The Morgan fingerprint density at radius 1 is 1.47 bits per heavy atom. The minimum absolute atomic E-state index is 0.160. The van der Waals surface area contributed by atoms with Crippen molar-refractivity contribution in [3.8, 4) is 0 Å². The summed E-state index contributed by atoms with van der Waals surface area (Å²) in [5.74, 6) is -0.229. The Bertz CT molecular complexity index is 498. The molecule has 90 valence electrons. The first-order chi connectivity index (χ1) is 8.20. The molecule has 17 heavy (non-hydrogen) atoms. The van der Waals surface area contributed by atoms with Gasteiger partial charge in [0.1, 0.15) is 5.82 Å². The van der Waals surface area contributed by atoms with E-state index in [1.165, 1.54) is 23.7 Å². The Kier molecular flexibility index (Phi) is 3.81. The molecule has 2 aromatic rings. The molecular weight excluding hydrogens is 237 g/mol. The standard InChI is InChI=1S/C12H14FN3S/c1-2-11-12(17-16-15-11)10(14)7-8-4-3-5-9(13)6-8/h3-6,10H,2,7,14H2,1H3. The van der Waals surface area contributed by atoms with Gasteiger partial charge in [-0.25, -0.2) is 4.39 Å². The van der Waals surface area contributed by atoms with Crippen molar-refractivity contribution in [1.82, 2.24) is 9.59 Å². The van der Waals surface area contributed by atoms with Gasteiger partial charge in [-0.2, -0.15) is 0 Å². The van der Waals surface area contributed by atoms with Gasteiger partial charge in [0.15, 0.2) is 0 Å². The van der Waals surface area contributed by atoms with Gasteiger partial charge >= 0.3 is 0 Å². The van der Waals surface area contributed by atoms with E-state index >= 15 is 0 Å². The molecule has 0 radical (unpaired) electrons. The highest BCUT2D eigenvalue weighted by molar-refractivity contribution is 7.05. The Hall–Kier alpha value is -1.33. The fourth-order valence-corrected chi connectivity index (χ4v) is 2.49. The van der Waals surface area contributed by atoms with Crippen LogP contribution in [-0.2, 0) is 12.8 Å². The second-order valence-electron chi connectivity index (χ2n) is 3.88. The molecule has 0 bridgehead atoms. The van der Waals surface area contributed by atoms with Crippen LogP contribution in [0.25, 0.3) is 0 Å². The molecule has 1 heterocycles. The summed E-state index contributed by atoms with van der Waals surface area (Å²) in [5, 5.41) is 4.03. The molecule has 0 saturated heterocycles. The van der Waals surface area contributed by atoms with E-state index in [-0.39, 0.29) is 11.9 Å². The van der Waals surface area contributed by atoms with Crippen molar-refractivity contribution in [3.63, 3.8) is 0 Å². The van der Waals surface area contributed by atoms with Crippen molar-refractivity contribution < 1.29 is 4.39 Å². The van der Waals surface area contributed by atoms with Crippen LogP contribution in [0.3, 0.4) is 0 Å². The van der Waals surface area contributed by atoms with Gasteiger partial charge in [0.2, 0.25) is 0 Å². The number of nitrogens with two attached hydrogens (primary N) is 1. The Morgan fingerprint density at radius 3 is 3.00 bits per heavy atom. The predicted molar refractivity (Wildman–Crippen MR) is 66.3 cm³/mol. The molecular formula is C12H14FN3S. The summed E-state index contributed by atoms with van der Waals surface area (Å²) in [4.78, 5) is 0.997. The van der Waals surface area contributed by atoms with Crippen molar-refractivity contribution in [1.29, 1.82) is 0 Å². The van der Waals surface area contributed by atoms with Crippen LogP contribution < -0.4 is 5.73 Å². The molecule has 5 heteroatoms. The van der Waals surface area contributed by atoms with Crippen molar-refractivity contribution in [2.24, 2.45) is 5.73 Å². The van der Waals surface area contributed by atoms with Crippen LogP contribution in [-0.4, -0.2) is 9.59 Å². The predicted octanol–water partition coefficient (Wildman–Crippen LogP) is 2.48. The molecule has 0 saturated carbocycles. The average Bonchev–Trinajstić information content (AvgIpc) is 2.77. The molecule has 0 aliphatic rings. The largest absolute Gasteiger partial charge is 0.323 e. The zero-order valence-corrected chi connectivity index (χ0v) is 10.4. The van der Waals surface area contributed by atoms with Crippen LogP contribution in [0, 0.1) is 5.82 Å². The van der Waals surface area contributed by atoms with Gasteiger partial charge < -0.3 is 5.73 Å². The third-order valence-corrected chi connectivity index (χ3v) is 3.50. The number of hydrogen-bond acceptors (Lipinski definition) is 4. The van der Waals surface area contributed by atoms with Gasteiger partial charge in [-0.1, -0.05) is 23.5 Å². The second-order valence-corrected chi connectivity index (χ2v) is 4.66. The fourth-order valence-electron chi connectivity index (χ4n) is 1.75. The van der Waals surface area contributed by atoms with E-state index in [4.69, 9.17) is 5.73 Å². The number of nitrogens with zero attached hydrogens (tertiary/aromatic N) is 2. The highest BCUT2D eigenvalue weighted by Crippen LogP contribution is 2.22. The Morgan fingerprint density at radius 2 is 2.29 bits per heavy atom. The van der Waals surface area contributed by atoms with Gasteiger partial charge in [-0.3, -0.25) is 0 Å². The quantitative estimate of drug-likeness (QED) is 0.908. The Labute approximate surface area is 104 Å². The average molecular weight is 251 g/mol. The van der Waals surface area contributed by atoms with Crippen LogP contribution in [0.4, 0.5) is 4.39 Å². The fraction of sp³-hybridized carbons (Fsp3) is 0.333. The smallest absolute Gasteiger partial charge is 0.123 e. The van der Waals surface area contributed by atoms with Gasteiger partial charge in [0.25, 0.3) is 0 Å². The molecule has 0 fully saturated rings. The third kappa shape index (κ3) is 2.87. The van der Waals surface area contributed by atoms with Gasteiger partial charge in [0.05, 0.1) is 10.6 Å². The van der Waals surface area contributed by atoms with Gasteiger partial charge in [-0.15, -0.1) is 5.10 Å². The number of halogens is 1. The molecule has 2 rings (SSSR count). The summed E-state index contributed by atoms with van der Waals surface area (Å²) in [6.45, 7) is 2.02. The molecule has 0 spiro atoms. The molecule has 0 aliphatic heterocycles. The number of hydrogen-bond donors (Lipinski definition) is 1. The van der Waals surface area contributed by atoms with Crippen molar-refractivity contribution >= 4 is 11.5 Å². The van der Waals surface area contributed by atoms with Crippen LogP contribution in [0.1, 0.15) is 29.1 Å². The third-order valence-electron chi connectivity index (χ3n) is 2.60. The number of rotatable bonds is 4. The molecule has 1 aromatic heterocycles. The molecule has 1 atom stereocenters. The lowest BCUT2D eigenvalue weighted by molar-refractivity contribution is 0.622. The van der Waals surface area contributed by atoms with E-state index < -0.39 is 0 Å². The van der Waals surface area contributed by atoms with Crippen molar-refractivity contribution in [2.45, 2.75) is 25.8 Å². The summed E-state index contributed by atoms with van der Waals surface area (Å²) in [5.41, 5.74) is 7.95. The minimum Gasteiger partial charge on any atom is -0.323 e. The summed E-state index contributed by atoms with van der Waals surface area (Å²) in [6, 6.07) is 6.36. The van der Waals surface area contributed by atoms with E-state index in [0.717, 1.165) is 22.6 Å². The summed E-state index contributed by atoms with van der Waals surface area (Å²) in [6.07, 6.45) is 1.43. The highest BCUT2D eigenvalue weighted by Gasteiger charge is 2.15. The maximum Gasteiger partial charge on any atom is 0.123 e. The van der Waals surface area contributed by atoms with E-state index in [1.54, 1.807) is 6.07 Å². The number of aromatic nitrogens is 2. The lowest BCUT2D eigenvalue weighted by Gasteiger charge is -2.10. The second kappa shape index (κ2) is 5.33. The van der Waals surface area contributed by atoms with E-state index in [9.17, 15) is 4.39 Å². The summed E-state index contributed by atoms with van der Waals surface area (Å²) < 4.78 is 17.0. The normalized spacial score (nSPS) is 12.6. The van der Waals surface area contributed by atoms with Crippen LogP contribution in [0.15, 0.2) is 24.3 Å². The van der Waals surface area contributed by atoms with Crippen LogP contribution in [0.5, 0.6) is 0 Å². The first-order valence-electron chi connectivity index (χ1n) is 5.52. The molecule has 3 nitrogen and oxygen atoms in total. The first-order valence-corrected chi connectivity index (χ1v) is 6.29. The van der Waals surface area contributed by atoms with E-state index in [2.05, 4.69) is 9.59 Å². The lowest BCUT2D eigenvalue weighted by atomic mass is 10.0. The van der Waals surface area contributed by atoms with Gasteiger partial charge in [0, 0.05) is 6.04 Å². The van der Waals surface area contributed by atoms with Crippen LogP contribution in [0.2, 0.25) is 0 Å². The van der Waals surface area contributed by atoms with E-state index in [1.807, 2.05) is 13.0 Å². The highest BCUT2D eigenvalue weighted by atomic mass is 32.1. The summed E-state index contributed by atoms with van der Waals surface area (Å²) in [7, 11) is 0. The summed E-state index contributed by atoms with van der Waals surface area (Å²) >= 11 is 1.33. The first kappa shape index (κ1) is 12.1. The topological polar surface area (TPSA) is 51.8 Å². The van der Waals surface area contributed by atoms with Crippen molar-refractivity contribution in [3.05, 3.63) is 46.2 Å². The number of aryl methyl sites for hydroxylation is 1. The Balaban J connectivity index is 2.14. The van der Waals surface area contributed by atoms with Crippen molar-refractivity contribution in [2.75, 3.05) is 0 Å². The molecule has 2 N–H and O–H groups in total. The molecule has 0 amide bonds. The van der Waals surface area contributed by atoms with Gasteiger partial charge in [-0.05, 0) is 42.1 Å². The zero-order valence-electron chi connectivity index (χ0n) is 9.56. The maximum absolute atomic E-state index is 13.0. The molecule has 1 aromatic carbocycles. The SMILES string of the molecule is CCc1nnsc1C(N)Cc1cccc(F)c1. The number of benzene rings is 1. The zero-order chi connectivity index (χ0) is 12.3.